The monoisotopic (exact) mass is 575 g/mol. The summed E-state index contributed by atoms with van der Waals surface area (Å²) in [6.07, 6.45) is 4.96. The predicted molar refractivity (Wildman–Crippen MR) is 153 cm³/mol. The van der Waals surface area contributed by atoms with Gasteiger partial charge in [-0.05, 0) is 36.2 Å². The van der Waals surface area contributed by atoms with E-state index in [0.717, 1.165) is 16.5 Å². The lowest BCUT2D eigenvalue weighted by Gasteiger charge is -2.25. The van der Waals surface area contributed by atoms with Crippen molar-refractivity contribution in [2.45, 2.75) is 50.4 Å². The minimum absolute atomic E-state index is 0.0293. The summed E-state index contributed by atoms with van der Waals surface area (Å²) in [5.74, 6) is -3.17. The first-order chi connectivity index (χ1) is 20.1. The van der Waals surface area contributed by atoms with Crippen molar-refractivity contribution in [2.75, 3.05) is 0 Å². The number of aromatic amines is 2. The summed E-state index contributed by atoms with van der Waals surface area (Å²) >= 11 is 0. The number of aromatic hydroxyl groups is 1. The summed E-state index contributed by atoms with van der Waals surface area (Å²) in [5.41, 5.74) is 8.93. The normalized spacial score (nSPS) is 14.0. The maximum atomic E-state index is 13.7. The van der Waals surface area contributed by atoms with Crippen molar-refractivity contribution in [1.29, 1.82) is 0 Å². The Labute approximate surface area is 240 Å². The van der Waals surface area contributed by atoms with Crippen LogP contribution in [0.15, 0.2) is 67.3 Å². The molecule has 4 rings (SSSR count). The number of phenols is 1. The smallest absolute Gasteiger partial charge is 0.325 e. The van der Waals surface area contributed by atoms with Crippen molar-refractivity contribution in [3.05, 3.63) is 84.1 Å². The zero-order chi connectivity index (χ0) is 30.2. The molecule has 0 spiro atoms. The zero-order valence-corrected chi connectivity index (χ0v) is 22.8. The van der Waals surface area contributed by atoms with Crippen molar-refractivity contribution in [1.82, 2.24) is 30.9 Å². The lowest BCUT2D eigenvalue weighted by Crippen LogP contribution is -2.58. The Kier molecular flexibility index (Phi) is 9.55. The van der Waals surface area contributed by atoms with Gasteiger partial charge in [0.2, 0.25) is 17.7 Å². The predicted octanol–water partition coefficient (Wildman–Crippen LogP) is 0.511. The number of nitrogens with one attached hydrogen (secondary N) is 5. The quantitative estimate of drug-likeness (QED) is 0.112. The Morgan fingerprint density at radius 2 is 1.55 bits per heavy atom. The molecule has 3 amide bonds. The van der Waals surface area contributed by atoms with Crippen LogP contribution < -0.4 is 21.7 Å². The number of hydrogen-bond donors (Lipinski definition) is 8. The second kappa shape index (κ2) is 13.5. The van der Waals surface area contributed by atoms with Crippen molar-refractivity contribution in [3.8, 4) is 5.75 Å². The average molecular weight is 576 g/mol. The van der Waals surface area contributed by atoms with Gasteiger partial charge in [-0.3, -0.25) is 19.2 Å². The van der Waals surface area contributed by atoms with Gasteiger partial charge >= 0.3 is 5.97 Å². The van der Waals surface area contributed by atoms with Gasteiger partial charge in [0.1, 0.15) is 23.9 Å². The fraction of sp³-hybridized carbons (Fsp3) is 0.276. The number of nitrogens with zero attached hydrogens (tertiary/aromatic N) is 1. The van der Waals surface area contributed by atoms with Crippen LogP contribution in [0.5, 0.6) is 5.75 Å². The maximum Gasteiger partial charge on any atom is 0.325 e. The number of carboxylic acids is 1. The van der Waals surface area contributed by atoms with E-state index >= 15 is 0 Å². The maximum absolute atomic E-state index is 13.7. The molecule has 9 N–H and O–H groups in total. The van der Waals surface area contributed by atoms with E-state index in [1.54, 1.807) is 24.5 Å². The number of H-pyrrole nitrogens is 2. The Morgan fingerprint density at radius 3 is 2.24 bits per heavy atom. The summed E-state index contributed by atoms with van der Waals surface area (Å²) in [5, 5.41) is 27.6. The van der Waals surface area contributed by atoms with Gasteiger partial charge in [0, 0.05) is 48.3 Å². The van der Waals surface area contributed by atoms with Crippen LogP contribution in [0.25, 0.3) is 10.9 Å². The van der Waals surface area contributed by atoms with Crippen molar-refractivity contribution in [3.63, 3.8) is 0 Å². The number of carboxylic acid groups (broad SMARTS) is 1. The fourth-order valence-corrected chi connectivity index (χ4v) is 4.46. The van der Waals surface area contributed by atoms with E-state index < -0.39 is 47.9 Å². The molecule has 0 aliphatic heterocycles. The standard InChI is InChI=1S/C29H33N7O6/c1-16(29(41)42)34-27(39)25(11-18-13-32-23-5-3-2-4-21(18)23)36-28(40)24(10-17-6-8-20(37)9-7-17)35-26(38)22(30)12-19-14-31-15-33-19/h2-9,13-16,22,24-25,32,37H,10-12,30H2,1H3,(H,31,33)(H,34,39)(H,35,38)(H,36,40)(H,41,42). The van der Waals surface area contributed by atoms with Crippen LogP contribution in [-0.2, 0) is 38.4 Å². The second-order valence-corrected chi connectivity index (χ2v) is 10.0. The Balaban J connectivity index is 1.57. The highest BCUT2D eigenvalue weighted by molar-refractivity contribution is 5.95. The highest BCUT2D eigenvalue weighted by Crippen LogP contribution is 2.19. The molecule has 4 atom stereocenters. The first-order valence-electron chi connectivity index (χ1n) is 13.3. The van der Waals surface area contributed by atoms with E-state index in [2.05, 4.69) is 30.9 Å². The van der Waals surface area contributed by atoms with Crippen molar-refractivity contribution in [2.24, 2.45) is 5.73 Å². The number of benzene rings is 2. The first kappa shape index (κ1) is 29.8. The van der Waals surface area contributed by atoms with Crippen LogP contribution in [0.3, 0.4) is 0 Å². The Morgan fingerprint density at radius 1 is 0.881 bits per heavy atom. The number of hydrogen-bond acceptors (Lipinski definition) is 7. The van der Waals surface area contributed by atoms with Crippen LogP contribution in [0.2, 0.25) is 0 Å². The van der Waals surface area contributed by atoms with Gasteiger partial charge in [-0.2, -0.15) is 0 Å². The number of carbonyl (C=O) groups is 4. The van der Waals surface area contributed by atoms with Crippen LogP contribution in [0, 0.1) is 0 Å². The summed E-state index contributed by atoms with van der Waals surface area (Å²) in [6.45, 7) is 1.32. The first-order valence-corrected chi connectivity index (χ1v) is 13.3. The van der Waals surface area contributed by atoms with Crippen molar-refractivity contribution < 1.29 is 29.4 Å². The molecular formula is C29H33N7O6. The number of rotatable bonds is 13. The van der Waals surface area contributed by atoms with Crippen LogP contribution >= 0.6 is 0 Å². The van der Waals surface area contributed by atoms with Gasteiger partial charge in [0.05, 0.1) is 12.4 Å². The third kappa shape index (κ3) is 7.73. The molecule has 2 aromatic carbocycles. The van der Waals surface area contributed by atoms with Gasteiger partial charge in [0.15, 0.2) is 0 Å². The number of fused-ring (bicyclic) bond motifs is 1. The number of para-hydroxylation sites is 1. The van der Waals surface area contributed by atoms with E-state index in [1.807, 2.05) is 24.3 Å². The fourth-order valence-electron chi connectivity index (χ4n) is 4.46. The number of amides is 3. The van der Waals surface area contributed by atoms with E-state index in [0.29, 0.717) is 11.3 Å². The summed E-state index contributed by atoms with van der Waals surface area (Å²) in [6, 6.07) is 9.05. The molecule has 0 aliphatic rings. The minimum Gasteiger partial charge on any atom is -0.508 e. The zero-order valence-electron chi connectivity index (χ0n) is 22.8. The van der Waals surface area contributed by atoms with Gasteiger partial charge in [0.25, 0.3) is 0 Å². The summed E-state index contributed by atoms with van der Waals surface area (Å²) in [7, 11) is 0. The molecule has 4 unspecified atom stereocenters. The SMILES string of the molecule is CC(NC(=O)C(Cc1c[nH]c2ccccc12)NC(=O)C(Cc1ccc(O)cc1)NC(=O)C(N)Cc1cnc[nH]1)C(=O)O. The molecule has 2 aromatic heterocycles. The van der Waals surface area contributed by atoms with Crippen LogP contribution in [0.4, 0.5) is 0 Å². The molecule has 13 heteroatoms. The number of nitrogens with two attached hydrogens (primary N) is 1. The molecule has 0 fully saturated rings. The van der Waals surface area contributed by atoms with Gasteiger partial charge in [-0.1, -0.05) is 30.3 Å². The van der Waals surface area contributed by atoms with E-state index in [4.69, 9.17) is 5.73 Å². The highest BCUT2D eigenvalue weighted by Gasteiger charge is 2.30. The molecule has 0 bridgehead atoms. The summed E-state index contributed by atoms with van der Waals surface area (Å²) < 4.78 is 0. The molecule has 0 aliphatic carbocycles. The van der Waals surface area contributed by atoms with Crippen molar-refractivity contribution >= 4 is 34.6 Å². The molecule has 0 radical (unpaired) electrons. The minimum atomic E-state index is -1.23. The molecular weight excluding hydrogens is 542 g/mol. The molecule has 0 saturated heterocycles. The largest absolute Gasteiger partial charge is 0.508 e. The molecule has 0 saturated carbocycles. The van der Waals surface area contributed by atoms with Gasteiger partial charge < -0.3 is 41.9 Å². The average Bonchev–Trinajstić information content (AvgIpc) is 3.63. The third-order valence-electron chi connectivity index (χ3n) is 6.80. The van der Waals surface area contributed by atoms with E-state index in [1.165, 1.54) is 25.4 Å². The summed E-state index contributed by atoms with van der Waals surface area (Å²) in [4.78, 5) is 61.3. The highest BCUT2D eigenvalue weighted by atomic mass is 16.4. The van der Waals surface area contributed by atoms with E-state index in [9.17, 15) is 29.4 Å². The Bertz CT molecular complexity index is 1530. The number of imidazole rings is 1. The van der Waals surface area contributed by atoms with Gasteiger partial charge in [-0.15, -0.1) is 0 Å². The lowest BCUT2D eigenvalue weighted by molar-refractivity contribution is -0.141. The van der Waals surface area contributed by atoms with E-state index in [-0.39, 0.29) is 25.0 Å². The molecule has 4 aromatic rings. The molecule has 13 nitrogen and oxygen atoms in total. The Hall–Kier alpha value is -5.17. The number of aliphatic carboxylic acids is 1. The van der Waals surface area contributed by atoms with Crippen LogP contribution in [0.1, 0.15) is 23.7 Å². The molecule has 2 heterocycles. The lowest BCUT2D eigenvalue weighted by atomic mass is 10.0. The van der Waals surface area contributed by atoms with Gasteiger partial charge in [-0.25, -0.2) is 4.98 Å². The second-order valence-electron chi connectivity index (χ2n) is 10.0. The molecule has 42 heavy (non-hydrogen) atoms. The third-order valence-corrected chi connectivity index (χ3v) is 6.80. The number of aromatic nitrogens is 3. The molecule has 220 valence electrons. The number of carbonyl (C=O) groups excluding carboxylic acids is 3. The topological polar surface area (TPSA) is 215 Å². The van der Waals surface area contributed by atoms with Crippen LogP contribution in [-0.4, -0.2) is 73.0 Å². The number of phenolic OH excluding ortho intramolecular Hbond substituents is 1.